The number of aliphatic carboxylic acids is 1. The Hall–Kier alpha value is -1.61. The number of carbonyl (C=O) groups is 1. The molecule has 0 amide bonds. The molecular weight excluding hydrogens is 263 g/mol. The standard InChI is InChI=1S/C8H6F3NO4S/c9-4-1-2-5(8(11)7(4)10)17(15,16)12-3-6(13)14/h1-2,12H,3H2,(H,13,14). The Labute approximate surface area is 93.9 Å². The van der Waals surface area contributed by atoms with Gasteiger partial charge < -0.3 is 5.11 Å². The molecule has 0 unspecified atom stereocenters. The van der Waals surface area contributed by atoms with E-state index >= 15 is 0 Å². The highest BCUT2D eigenvalue weighted by atomic mass is 32.2. The van der Waals surface area contributed by atoms with E-state index in [0.717, 1.165) is 0 Å². The van der Waals surface area contributed by atoms with Gasteiger partial charge in [-0.25, -0.2) is 21.6 Å². The third-order valence-electron chi connectivity index (χ3n) is 1.70. The third-order valence-corrected chi connectivity index (χ3v) is 3.12. The van der Waals surface area contributed by atoms with Crippen LogP contribution in [0.25, 0.3) is 0 Å². The molecular formula is C8H6F3NO4S. The fourth-order valence-corrected chi connectivity index (χ4v) is 1.99. The highest BCUT2D eigenvalue weighted by Gasteiger charge is 2.24. The molecule has 0 spiro atoms. The molecule has 0 aromatic heterocycles. The number of rotatable bonds is 4. The first-order chi connectivity index (χ1) is 7.75. The second kappa shape index (κ2) is 4.72. The van der Waals surface area contributed by atoms with Crippen LogP contribution in [-0.4, -0.2) is 26.0 Å². The second-order valence-corrected chi connectivity index (χ2v) is 4.63. The smallest absolute Gasteiger partial charge is 0.318 e. The minimum atomic E-state index is -4.54. The number of hydrogen-bond acceptors (Lipinski definition) is 3. The van der Waals surface area contributed by atoms with Crippen LogP contribution in [0.2, 0.25) is 0 Å². The Balaban J connectivity index is 3.16. The van der Waals surface area contributed by atoms with Crippen molar-refractivity contribution in [3.05, 3.63) is 29.6 Å². The first-order valence-corrected chi connectivity index (χ1v) is 5.59. The predicted octanol–water partition coefficient (Wildman–Crippen LogP) is 0.467. The number of sulfonamides is 1. The summed E-state index contributed by atoms with van der Waals surface area (Å²) in [6, 6.07) is 0.922. The minimum absolute atomic E-state index is 0.424. The van der Waals surface area contributed by atoms with Gasteiger partial charge in [-0.1, -0.05) is 0 Å². The van der Waals surface area contributed by atoms with E-state index in [1.807, 2.05) is 0 Å². The summed E-state index contributed by atoms with van der Waals surface area (Å²) < 4.78 is 62.5. The van der Waals surface area contributed by atoms with Gasteiger partial charge in [-0.3, -0.25) is 4.79 Å². The lowest BCUT2D eigenvalue weighted by Crippen LogP contribution is -2.30. The van der Waals surface area contributed by atoms with Crippen LogP contribution >= 0.6 is 0 Å². The van der Waals surface area contributed by atoms with Gasteiger partial charge in [0, 0.05) is 0 Å². The molecule has 0 saturated heterocycles. The number of nitrogens with one attached hydrogen (secondary N) is 1. The summed E-state index contributed by atoms with van der Waals surface area (Å²) >= 11 is 0. The Bertz CT molecular complexity index is 558. The SMILES string of the molecule is O=C(O)CNS(=O)(=O)c1ccc(F)c(F)c1F. The number of benzene rings is 1. The van der Waals surface area contributed by atoms with Gasteiger partial charge in [0.2, 0.25) is 10.0 Å². The lowest BCUT2D eigenvalue weighted by Gasteiger charge is -2.06. The molecule has 0 radical (unpaired) electrons. The van der Waals surface area contributed by atoms with Crippen LogP contribution in [0.1, 0.15) is 0 Å². The van der Waals surface area contributed by atoms with Crippen molar-refractivity contribution in [2.24, 2.45) is 0 Å². The van der Waals surface area contributed by atoms with Crippen molar-refractivity contribution in [3.8, 4) is 0 Å². The Kier molecular flexibility index (Phi) is 3.73. The van der Waals surface area contributed by atoms with Crippen LogP contribution in [0.4, 0.5) is 13.2 Å². The first kappa shape index (κ1) is 13.5. The van der Waals surface area contributed by atoms with Crippen LogP contribution in [0, 0.1) is 17.5 Å². The van der Waals surface area contributed by atoms with E-state index in [9.17, 15) is 26.4 Å². The molecule has 0 saturated carbocycles. The van der Waals surface area contributed by atoms with Crippen LogP contribution in [-0.2, 0) is 14.8 Å². The van der Waals surface area contributed by atoms with Crippen molar-refractivity contribution in [2.75, 3.05) is 6.54 Å². The highest BCUT2D eigenvalue weighted by Crippen LogP contribution is 2.19. The van der Waals surface area contributed by atoms with Crippen molar-refractivity contribution < 1.29 is 31.5 Å². The average molecular weight is 269 g/mol. The molecule has 0 bridgehead atoms. The molecule has 1 rings (SSSR count). The summed E-state index contributed by atoms with van der Waals surface area (Å²) in [5.74, 6) is -6.89. The van der Waals surface area contributed by atoms with Crippen molar-refractivity contribution >= 4 is 16.0 Å². The van der Waals surface area contributed by atoms with E-state index in [4.69, 9.17) is 5.11 Å². The Morgan fingerprint density at radius 3 is 2.35 bits per heavy atom. The molecule has 1 aromatic carbocycles. The first-order valence-electron chi connectivity index (χ1n) is 4.10. The molecule has 0 aliphatic heterocycles. The van der Waals surface area contributed by atoms with Gasteiger partial charge in [-0.15, -0.1) is 0 Å². The third kappa shape index (κ3) is 2.94. The van der Waals surface area contributed by atoms with Gasteiger partial charge in [0.25, 0.3) is 0 Å². The summed E-state index contributed by atoms with van der Waals surface area (Å²) in [6.45, 7) is -0.999. The molecule has 0 atom stereocenters. The molecule has 0 fully saturated rings. The van der Waals surface area contributed by atoms with Crippen molar-refractivity contribution in [1.29, 1.82) is 0 Å². The average Bonchev–Trinajstić information content (AvgIpc) is 2.23. The number of hydrogen-bond donors (Lipinski definition) is 2. The van der Waals surface area contributed by atoms with Crippen LogP contribution in [0.15, 0.2) is 17.0 Å². The quantitative estimate of drug-likeness (QED) is 0.778. The Morgan fingerprint density at radius 2 is 1.82 bits per heavy atom. The van der Waals surface area contributed by atoms with Gasteiger partial charge in [0.1, 0.15) is 11.4 Å². The predicted molar refractivity (Wildman–Crippen MR) is 49.1 cm³/mol. The molecule has 0 aliphatic rings. The summed E-state index contributed by atoms with van der Waals surface area (Å²) in [6.07, 6.45) is 0. The van der Waals surface area contributed by atoms with Gasteiger partial charge in [0.05, 0.1) is 0 Å². The number of carboxylic acid groups (broad SMARTS) is 1. The van der Waals surface area contributed by atoms with E-state index in [1.54, 1.807) is 0 Å². The summed E-state index contributed by atoms with van der Waals surface area (Å²) in [7, 11) is -4.54. The van der Waals surface area contributed by atoms with E-state index < -0.39 is 44.9 Å². The normalized spacial score (nSPS) is 11.5. The van der Waals surface area contributed by atoms with Crippen LogP contribution in [0.5, 0.6) is 0 Å². The lowest BCUT2D eigenvalue weighted by molar-refractivity contribution is -0.135. The largest absolute Gasteiger partial charge is 0.480 e. The van der Waals surface area contributed by atoms with Gasteiger partial charge in [0.15, 0.2) is 17.5 Å². The molecule has 9 heteroatoms. The van der Waals surface area contributed by atoms with Crippen LogP contribution < -0.4 is 4.72 Å². The zero-order valence-electron chi connectivity index (χ0n) is 8.08. The summed E-state index contributed by atoms with van der Waals surface area (Å²) in [4.78, 5) is 8.97. The molecule has 17 heavy (non-hydrogen) atoms. The maximum Gasteiger partial charge on any atom is 0.318 e. The summed E-state index contributed by atoms with van der Waals surface area (Å²) in [5.41, 5.74) is 0. The number of halogens is 3. The second-order valence-electron chi connectivity index (χ2n) is 2.89. The monoisotopic (exact) mass is 269 g/mol. The van der Waals surface area contributed by atoms with Crippen molar-refractivity contribution in [1.82, 2.24) is 4.72 Å². The van der Waals surface area contributed by atoms with E-state index in [0.29, 0.717) is 12.1 Å². The highest BCUT2D eigenvalue weighted by molar-refractivity contribution is 7.89. The molecule has 1 aromatic rings. The minimum Gasteiger partial charge on any atom is -0.480 e. The zero-order chi connectivity index (χ0) is 13.2. The van der Waals surface area contributed by atoms with Crippen LogP contribution in [0.3, 0.4) is 0 Å². The van der Waals surface area contributed by atoms with E-state index in [-0.39, 0.29) is 0 Å². The van der Waals surface area contributed by atoms with Crippen molar-refractivity contribution in [2.45, 2.75) is 4.90 Å². The van der Waals surface area contributed by atoms with E-state index in [1.165, 1.54) is 4.72 Å². The maximum absolute atomic E-state index is 13.1. The topological polar surface area (TPSA) is 83.5 Å². The van der Waals surface area contributed by atoms with Gasteiger partial charge in [-0.2, -0.15) is 4.72 Å². The Morgan fingerprint density at radius 1 is 1.24 bits per heavy atom. The van der Waals surface area contributed by atoms with Gasteiger partial charge >= 0.3 is 5.97 Å². The fourth-order valence-electron chi connectivity index (χ4n) is 0.950. The molecule has 0 heterocycles. The zero-order valence-corrected chi connectivity index (χ0v) is 8.89. The fraction of sp³-hybridized carbons (Fsp3) is 0.125. The summed E-state index contributed by atoms with van der Waals surface area (Å²) in [5, 5.41) is 8.24. The lowest BCUT2D eigenvalue weighted by atomic mass is 10.3. The van der Waals surface area contributed by atoms with Crippen molar-refractivity contribution in [3.63, 3.8) is 0 Å². The number of carboxylic acids is 1. The molecule has 0 aliphatic carbocycles. The molecule has 94 valence electrons. The molecule has 5 nitrogen and oxygen atoms in total. The van der Waals surface area contributed by atoms with E-state index in [2.05, 4.69) is 0 Å². The molecule has 2 N–H and O–H groups in total. The van der Waals surface area contributed by atoms with Gasteiger partial charge in [-0.05, 0) is 12.1 Å². The maximum atomic E-state index is 13.1.